The van der Waals surface area contributed by atoms with Gasteiger partial charge in [-0.25, -0.2) is 0 Å². The zero-order valence-corrected chi connectivity index (χ0v) is 10.8. The van der Waals surface area contributed by atoms with Crippen LogP contribution in [0.1, 0.15) is 52.8 Å². The molecule has 3 heteroatoms. The van der Waals surface area contributed by atoms with E-state index in [4.69, 9.17) is 0 Å². The van der Waals surface area contributed by atoms with Crippen molar-refractivity contribution in [2.75, 3.05) is 0 Å². The third kappa shape index (κ3) is 2.33. The molecule has 0 radical (unpaired) electrons. The third-order valence-corrected chi connectivity index (χ3v) is 3.92. The summed E-state index contributed by atoms with van der Waals surface area (Å²) >= 11 is 0. The molecule has 1 aromatic carbocycles. The number of carbonyl (C=O) groups is 2. The molecule has 0 heterocycles. The van der Waals surface area contributed by atoms with Gasteiger partial charge in [0.25, 0.3) is 0 Å². The lowest BCUT2D eigenvalue weighted by Gasteiger charge is -2.26. The van der Waals surface area contributed by atoms with Crippen molar-refractivity contribution in [1.82, 2.24) is 5.32 Å². The predicted molar refractivity (Wildman–Crippen MR) is 73.2 cm³/mol. The van der Waals surface area contributed by atoms with Crippen LogP contribution in [0.3, 0.4) is 0 Å². The fraction of sp³-hybridized carbons (Fsp3) is 0.375. The number of carbonyl (C=O) groups excluding carboxylic acids is 2. The molecule has 0 amide bonds. The highest BCUT2D eigenvalue weighted by molar-refractivity contribution is 6.24. The van der Waals surface area contributed by atoms with Crippen LogP contribution in [0.2, 0.25) is 0 Å². The van der Waals surface area contributed by atoms with Crippen molar-refractivity contribution in [1.29, 1.82) is 0 Å². The van der Waals surface area contributed by atoms with Gasteiger partial charge in [-0.05, 0) is 12.8 Å². The van der Waals surface area contributed by atoms with Crippen LogP contribution in [0.5, 0.6) is 0 Å². The maximum Gasteiger partial charge on any atom is 0.209 e. The maximum atomic E-state index is 12.4. The van der Waals surface area contributed by atoms with Gasteiger partial charge in [-0.1, -0.05) is 43.5 Å². The molecule has 1 saturated carbocycles. The van der Waals surface area contributed by atoms with Crippen LogP contribution in [0.15, 0.2) is 36.0 Å². The Bertz CT molecular complexity index is 554. The van der Waals surface area contributed by atoms with Gasteiger partial charge in [0.05, 0.1) is 5.70 Å². The number of fused-ring (bicyclic) bond motifs is 1. The summed E-state index contributed by atoms with van der Waals surface area (Å²) < 4.78 is 0. The standard InChI is InChI=1S/C16H17NO2/c18-15-10-14(17-11-6-2-1-3-7-11)16(19)13-9-5-4-8-12(13)15/h4-5,8-11,17H,1-3,6-7H2. The van der Waals surface area contributed by atoms with E-state index in [-0.39, 0.29) is 11.6 Å². The van der Waals surface area contributed by atoms with Crippen LogP contribution in [-0.2, 0) is 0 Å². The molecule has 2 aliphatic carbocycles. The van der Waals surface area contributed by atoms with E-state index in [1.165, 1.54) is 25.3 Å². The molecule has 0 atom stereocenters. The molecular weight excluding hydrogens is 238 g/mol. The minimum Gasteiger partial charge on any atom is -0.379 e. The van der Waals surface area contributed by atoms with Crippen molar-refractivity contribution in [3.05, 3.63) is 47.2 Å². The molecule has 0 unspecified atom stereocenters. The number of hydrogen-bond donors (Lipinski definition) is 1. The summed E-state index contributed by atoms with van der Waals surface area (Å²) in [5, 5.41) is 3.27. The van der Waals surface area contributed by atoms with E-state index in [2.05, 4.69) is 5.32 Å². The molecule has 19 heavy (non-hydrogen) atoms. The van der Waals surface area contributed by atoms with Crippen molar-refractivity contribution >= 4 is 11.6 Å². The zero-order valence-electron chi connectivity index (χ0n) is 10.8. The Balaban J connectivity index is 1.84. The third-order valence-electron chi connectivity index (χ3n) is 3.92. The van der Waals surface area contributed by atoms with Crippen molar-refractivity contribution in [2.24, 2.45) is 0 Å². The molecule has 2 aliphatic rings. The van der Waals surface area contributed by atoms with Gasteiger partial charge in [0, 0.05) is 23.2 Å². The largest absolute Gasteiger partial charge is 0.379 e. The summed E-state index contributed by atoms with van der Waals surface area (Å²) in [5.74, 6) is -0.130. The monoisotopic (exact) mass is 255 g/mol. The summed E-state index contributed by atoms with van der Waals surface area (Å²) in [7, 11) is 0. The molecule has 0 bridgehead atoms. The summed E-state index contributed by atoms with van der Waals surface area (Å²) in [6.07, 6.45) is 7.29. The Hall–Kier alpha value is -1.90. The number of benzene rings is 1. The number of allylic oxidation sites excluding steroid dienone is 2. The maximum absolute atomic E-state index is 12.4. The van der Waals surface area contributed by atoms with E-state index in [0.29, 0.717) is 22.9 Å². The van der Waals surface area contributed by atoms with E-state index in [1.807, 2.05) is 0 Å². The average Bonchev–Trinajstić information content (AvgIpc) is 2.46. The van der Waals surface area contributed by atoms with E-state index in [9.17, 15) is 9.59 Å². The van der Waals surface area contributed by atoms with Gasteiger partial charge in [0.2, 0.25) is 5.78 Å². The molecule has 1 fully saturated rings. The minimum atomic E-state index is -0.0755. The van der Waals surface area contributed by atoms with Gasteiger partial charge in [-0.15, -0.1) is 0 Å². The number of nitrogens with one attached hydrogen (secondary N) is 1. The summed E-state index contributed by atoms with van der Waals surface area (Å²) in [4.78, 5) is 24.4. The van der Waals surface area contributed by atoms with Gasteiger partial charge in [0.1, 0.15) is 0 Å². The highest BCUT2D eigenvalue weighted by Gasteiger charge is 2.26. The van der Waals surface area contributed by atoms with E-state index < -0.39 is 0 Å². The SMILES string of the molecule is O=C1C=C(NC2CCCCC2)C(=O)c2ccccc21. The Labute approximate surface area is 112 Å². The lowest BCUT2D eigenvalue weighted by atomic mass is 9.90. The van der Waals surface area contributed by atoms with Crippen LogP contribution >= 0.6 is 0 Å². The lowest BCUT2D eigenvalue weighted by Crippen LogP contribution is -2.35. The quantitative estimate of drug-likeness (QED) is 0.883. The first-order valence-corrected chi connectivity index (χ1v) is 6.92. The topological polar surface area (TPSA) is 46.2 Å². The fourth-order valence-electron chi connectivity index (χ4n) is 2.89. The second-order valence-electron chi connectivity index (χ2n) is 5.28. The molecule has 98 valence electrons. The Kier molecular flexibility index (Phi) is 3.20. The molecule has 1 N–H and O–H groups in total. The van der Waals surface area contributed by atoms with Crippen LogP contribution in [0.25, 0.3) is 0 Å². The van der Waals surface area contributed by atoms with Crippen molar-refractivity contribution in [3.63, 3.8) is 0 Å². The Morgan fingerprint density at radius 2 is 1.63 bits per heavy atom. The van der Waals surface area contributed by atoms with Crippen molar-refractivity contribution < 1.29 is 9.59 Å². The summed E-state index contributed by atoms with van der Waals surface area (Å²) in [6.45, 7) is 0. The molecule has 0 aromatic heterocycles. The van der Waals surface area contributed by atoms with E-state index in [1.54, 1.807) is 24.3 Å². The molecule has 0 aliphatic heterocycles. The lowest BCUT2D eigenvalue weighted by molar-refractivity contribution is 0.0975. The minimum absolute atomic E-state index is 0.0548. The molecule has 0 spiro atoms. The average molecular weight is 255 g/mol. The van der Waals surface area contributed by atoms with Crippen molar-refractivity contribution in [3.8, 4) is 0 Å². The van der Waals surface area contributed by atoms with Gasteiger partial charge < -0.3 is 5.32 Å². The van der Waals surface area contributed by atoms with E-state index in [0.717, 1.165) is 12.8 Å². The Morgan fingerprint density at radius 1 is 0.947 bits per heavy atom. The number of rotatable bonds is 2. The van der Waals surface area contributed by atoms with Crippen LogP contribution in [-0.4, -0.2) is 17.6 Å². The van der Waals surface area contributed by atoms with Crippen LogP contribution in [0, 0.1) is 0 Å². The summed E-state index contributed by atoms with van der Waals surface area (Å²) in [5.41, 5.74) is 1.51. The fourth-order valence-corrected chi connectivity index (χ4v) is 2.89. The van der Waals surface area contributed by atoms with Crippen LogP contribution < -0.4 is 5.32 Å². The van der Waals surface area contributed by atoms with Crippen molar-refractivity contribution in [2.45, 2.75) is 38.1 Å². The molecule has 3 nitrogen and oxygen atoms in total. The first-order valence-electron chi connectivity index (χ1n) is 6.92. The normalized spacial score (nSPS) is 19.9. The van der Waals surface area contributed by atoms with Gasteiger partial charge in [-0.3, -0.25) is 9.59 Å². The predicted octanol–water partition coefficient (Wildman–Crippen LogP) is 2.87. The molecular formula is C16H17NO2. The highest BCUT2D eigenvalue weighted by Crippen LogP contribution is 2.23. The van der Waals surface area contributed by atoms with Crippen LogP contribution in [0.4, 0.5) is 0 Å². The van der Waals surface area contributed by atoms with Gasteiger partial charge in [0.15, 0.2) is 5.78 Å². The second kappa shape index (κ2) is 5.00. The first-order chi connectivity index (χ1) is 9.25. The van der Waals surface area contributed by atoms with E-state index >= 15 is 0 Å². The number of Topliss-reactive ketones (excluding diaryl/α,β-unsaturated/α-hetero) is 1. The zero-order chi connectivity index (χ0) is 13.2. The first kappa shape index (κ1) is 12.2. The molecule has 3 rings (SSSR count). The smallest absolute Gasteiger partial charge is 0.209 e. The highest BCUT2D eigenvalue weighted by atomic mass is 16.1. The molecule has 1 aromatic rings. The number of ketones is 2. The van der Waals surface area contributed by atoms with Gasteiger partial charge in [-0.2, -0.15) is 0 Å². The van der Waals surface area contributed by atoms with Gasteiger partial charge >= 0.3 is 0 Å². The Morgan fingerprint density at radius 3 is 2.37 bits per heavy atom. The number of hydrogen-bond acceptors (Lipinski definition) is 3. The molecule has 0 saturated heterocycles. The summed E-state index contributed by atoms with van der Waals surface area (Å²) in [6, 6.07) is 7.36. The second-order valence-corrected chi connectivity index (χ2v) is 5.28.